The molecule has 0 radical (unpaired) electrons. The van der Waals surface area contributed by atoms with Gasteiger partial charge < -0.3 is 91.4 Å². The molecule has 0 bridgehead atoms. The summed E-state index contributed by atoms with van der Waals surface area (Å²) in [5, 5.41) is 88.8. The van der Waals surface area contributed by atoms with Crippen molar-refractivity contribution in [1.82, 2.24) is 83.7 Å². The molecule has 0 aliphatic heterocycles. The third-order valence-corrected chi connectivity index (χ3v) is 16.1. The fourth-order valence-corrected chi connectivity index (χ4v) is 11.8. The first-order valence-corrected chi connectivity index (χ1v) is 27.9. The van der Waals surface area contributed by atoms with E-state index in [1.807, 2.05) is 35.6 Å². The number of hydrogen-bond donors (Lipinski definition) is 14. The number of aliphatic hydroxyl groups excluding tert-OH is 6. The summed E-state index contributed by atoms with van der Waals surface area (Å²) in [4.78, 5) is 75.3. The van der Waals surface area contributed by atoms with Gasteiger partial charge in [0.15, 0.2) is 34.0 Å². The molecule has 14 N–H and O–H groups in total. The van der Waals surface area contributed by atoms with Crippen LogP contribution in [0.2, 0.25) is 0 Å². The summed E-state index contributed by atoms with van der Waals surface area (Å²) >= 11 is 0. The number of rotatable bonds is 22. The molecule has 82 heavy (non-hydrogen) atoms. The highest BCUT2D eigenvalue weighted by Gasteiger charge is 2.45. The molecule has 438 valence electrons. The first kappa shape index (κ1) is 55.9. The van der Waals surface area contributed by atoms with Gasteiger partial charge in [-0.1, -0.05) is 0 Å². The van der Waals surface area contributed by atoms with Gasteiger partial charge in [0.2, 0.25) is 35.6 Å². The Balaban J connectivity index is 0.701. The maximum absolute atomic E-state index is 12.0. The molecule has 4 aliphatic rings. The van der Waals surface area contributed by atoms with Gasteiger partial charge in [0.1, 0.15) is 44.0 Å². The monoisotopic (exact) mass is 1130 g/mol. The average Bonchev–Trinajstić information content (AvgIpc) is 4.56. The van der Waals surface area contributed by atoms with Gasteiger partial charge in [0.05, 0.1) is 60.9 Å². The Morgan fingerprint density at radius 3 is 1.28 bits per heavy atom. The molecule has 4 aliphatic carbocycles. The number of fused-ring (bicyclic) bond motifs is 2. The second kappa shape index (κ2) is 24.6. The zero-order chi connectivity index (χ0) is 57.0. The number of carbonyl (C=O) groups is 2. The zero-order valence-corrected chi connectivity index (χ0v) is 45.5. The highest BCUT2D eigenvalue weighted by atomic mass is 16.3. The van der Waals surface area contributed by atoms with Gasteiger partial charge in [-0.3, -0.25) is 9.59 Å². The van der Waals surface area contributed by atoms with Crippen LogP contribution in [0.1, 0.15) is 87.7 Å². The highest BCUT2D eigenvalue weighted by molar-refractivity contribution is 5.86. The zero-order valence-electron chi connectivity index (χ0n) is 45.5. The number of nitrogens with one attached hydrogen (secondary N) is 8. The number of nitrogens with zero attached hydrogens (tertiary/aromatic N) is 15. The van der Waals surface area contributed by atoms with Crippen LogP contribution >= 0.6 is 0 Å². The molecular weight excluding hydrogens is 1060 g/mol. The number of carbonyl (C=O) groups excluding carboxylic acids is 2. The summed E-state index contributed by atoms with van der Waals surface area (Å²) in [6, 6.07) is -2.62. The van der Waals surface area contributed by atoms with E-state index in [0.717, 1.165) is 62.8 Å². The van der Waals surface area contributed by atoms with Crippen LogP contribution < -0.4 is 42.5 Å². The van der Waals surface area contributed by atoms with E-state index in [1.54, 1.807) is 34.4 Å². The van der Waals surface area contributed by atoms with Gasteiger partial charge in [0.25, 0.3) is 0 Å². The van der Waals surface area contributed by atoms with Crippen molar-refractivity contribution in [2.24, 2.45) is 14.1 Å². The van der Waals surface area contributed by atoms with Gasteiger partial charge in [-0.05, 0) is 64.2 Å². The SMILES string of the molecule is Cn1cnc(CCNc2nc(NC3CCC(Nc4ncnc(NC5CCC(Nc6nc(NCCc7cn(C)cn7)nc7c6ncn7[C@@H]6C[C@H](NC(=O)CO)[C@@H](O)[C@H]6O)CC5)n4)CC3)c3ncn([C@@H]4C[C@H](NC(=O)CO)[C@@H](O)[C@H]4O)c3n2)c1. The lowest BCUT2D eigenvalue weighted by Gasteiger charge is -2.31. The molecule has 11 rings (SSSR count). The number of aryl methyl sites for hydroxylation is 2. The molecular formula is C51H71N23O8. The van der Waals surface area contributed by atoms with E-state index in [4.69, 9.17) is 34.9 Å². The van der Waals surface area contributed by atoms with E-state index < -0.39 is 73.6 Å². The van der Waals surface area contributed by atoms with E-state index in [9.17, 15) is 40.2 Å². The Labute approximate surface area is 469 Å². The molecule has 31 heteroatoms. The minimum atomic E-state index is -1.27. The number of aromatic nitrogens is 15. The highest BCUT2D eigenvalue weighted by Crippen LogP contribution is 2.37. The standard InChI is InChI=1S/C51H71N23O8/c1-71-17-30(56-22-71)11-13-52-48-66-44(38-46(68-48)73(24-58-38)34-15-32(40(79)42(34)81)64-36(77)19-75)60-26-3-7-28(8-4-26)62-50-54-21-55-51(70-50)63-29-9-5-27(6-10-29)61-45-39-47(69-49(67-45)53-14-12-31-18-72(2)23-57-31)74(25-59-39)35-16-33(41(80)43(35)82)65-37(78)20-76/h17-18,21-29,32-35,40-43,75-76,79-82H,3-16,19-20H2,1-2H3,(H,64,77)(H,65,78)(H2,52,60,66,68)(H2,53,61,67,69)(H2,54,55,62,63,70)/t26?,27?,28?,29?,32-,33-,34+,35+,40+,41+,42-,43-/m0/s1. The normalized spacial score (nSPS) is 26.4. The second-order valence-electron chi connectivity index (χ2n) is 21.9. The first-order valence-electron chi connectivity index (χ1n) is 27.9. The van der Waals surface area contributed by atoms with Crippen molar-refractivity contribution in [3.63, 3.8) is 0 Å². The summed E-state index contributed by atoms with van der Waals surface area (Å²) in [6.45, 7) is -0.473. The van der Waals surface area contributed by atoms with Crippen LogP contribution in [0.15, 0.2) is 44.0 Å². The summed E-state index contributed by atoms with van der Waals surface area (Å²) in [5.41, 5.74) is 3.70. The molecule has 7 aromatic heterocycles. The first-order chi connectivity index (χ1) is 39.7. The van der Waals surface area contributed by atoms with Crippen molar-refractivity contribution in [3.8, 4) is 0 Å². The minimum Gasteiger partial charge on any atom is -0.388 e. The van der Waals surface area contributed by atoms with Crippen molar-refractivity contribution in [3.05, 3.63) is 55.4 Å². The lowest BCUT2D eigenvalue weighted by atomic mass is 9.91. The molecule has 7 aromatic rings. The third-order valence-electron chi connectivity index (χ3n) is 16.1. The van der Waals surface area contributed by atoms with Crippen LogP contribution in [0.25, 0.3) is 22.3 Å². The Kier molecular flexibility index (Phi) is 16.8. The van der Waals surface area contributed by atoms with Crippen LogP contribution in [0.5, 0.6) is 0 Å². The predicted molar refractivity (Wildman–Crippen MR) is 297 cm³/mol. The number of aliphatic hydroxyl groups is 6. The molecule has 0 unspecified atom stereocenters. The van der Waals surface area contributed by atoms with Crippen molar-refractivity contribution in [2.45, 2.75) is 150 Å². The van der Waals surface area contributed by atoms with Gasteiger partial charge >= 0.3 is 0 Å². The van der Waals surface area contributed by atoms with Crippen molar-refractivity contribution in [1.29, 1.82) is 0 Å². The molecule has 0 spiro atoms. The van der Waals surface area contributed by atoms with Gasteiger partial charge in [-0.15, -0.1) is 0 Å². The molecule has 8 atom stereocenters. The fourth-order valence-electron chi connectivity index (χ4n) is 11.8. The van der Waals surface area contributed by atoms with Crippen molar-refractivity contribution in [2.75, 3.05) is 58.2 Å². The topological polar surface area (TPSA) is 413 Å². The second-order valence-corrected chi connectivity index (χ2v) is 21.9. The van der Waals surface area contributed by atoms with Crippen LogP contribution in [-0.4, -0.2) is 203 Å². The van der Waals surface area contributed by atoms with Crippen LogP contribution in [0.3, 0.4) is 0 Å². The summed E-state index contributed by atoms with van der Waals surface area (Å²) in [5.74, 6) is 1.42. The van der Waals surface area contributed by atoms with Crippen LogP contribution in [0.4, 0.5) is 35.4 Å². The molecule has 0 saturated heterocycles. The number of anilines is 6. The van der Waals surface area contributed by atoms with Crippen molar-refractivity contribution >= 4 is 69.6 Å². The summed E-state index contributed by atoms with van der Waals surface area (Å²) < 4.78 is 7.20. The average molecular weight is 1130 g/mol. The third kappa shape index (κ3) is 12.6. The Bertz CT molecular complexity index is 3110. The molecule has 7 heterocycles. The van der Waals surface area contributed by atoms with E-state index in [2.05, 4.69) is 62.5 Å². The summed E-state index contributed by atoms with van der Waals surface area (Å²) in [6.07, 6.45) is 15.1. The Morgan fingerprint density at radius 1 is 0.500 bits per heavy atom. The number of imidazole rings is 4. The smallest absolute Gasteiger partial charge is 0.246 e. The van der Waals surface area contributed by atoms with E-state index in [0.29, 0.717) is 83.7 Å². The maximum atomic E-state index is 12.0. The van der Waals surface area contributed by atoms with Gasteiger partial charge in [-0.25, -0.2) is 29.9 Å². The Hall–Kier alpha value is -7.97. The van der Waals surface area contributed by atoms with Crippen molar-refractivity contribution < 1.29 is 40.2 Å². The van der Waals surface area contributed by atoms with Crippen LogP contribution in [-0.2, 0) is 36.5 Å². The quantitative estimate of drug-likeness (QED) is 0.0382. The Morgan fingerprint density at radius 2 is 0.902 bits per heavy atom. The predicted octanol–water partition coefficient (Wildman–Crippen LogP) is -1.11. The lowest BCUT2D eigenvalue weighted by Crippen LogP contribution is -2.44. The van der Waals surface area contributed by atoms with Crippen LogP contribution in [0, 0.1) is 0 Å². The largest absolute Gasteiger partial charge is 0.388 e. The van der Waals surface area contributed by atoms with E-state index in [-0.39, 0.29) is 37.0 Å². The molecule has 0 aromatic carbocycles. The van der Waals surface area contributed by atoms with Gasteiger partial charge in [0, 0.05) is 76.6 Å². The molecule has 2 amide bonds. The van der Waals surface area contributed by atoms with E-state index in [1.165, 1.54) is 6.33 Å². The number of hydrogen-bond acceptors (Lipinski definition) is 25. The van der Waals surface area contributed by atoms with E-state index >= 15 is 0 Å². The summed E-state index contributed by atoms with van der Waals surface area (Å²) in [7, 11) is 3.83. The maximum Gasteiger partial charge on any atom is 0.246 e. The van der Waals surface area contributed by atoms with Gasteiger partial charge in [-0.2, -0.15) is 24.9 Å². The minimum absolute atomic E-state index is 0.0444. The fraction of sp³-hybridized carbons (Fsp3) is 0.588. The molecule has 4 fully saturated rings. The number of amides is 2. The molecule has 31 nitrogen and oxygen atoms in total. The molecule has 4 saturated carbocycles. The lowest BCUT2D eigenvalue weighted by molar-refractivity contribution is -0.126.